The van der Waals surface area contributed by atoms with Crippen LogP contribution in [0.4, 0.5) is 10.5 Å². The number of carbonyl (C=O) groups is 3. The molecule has 0 bridgehead atoms. The van der Waals surface area contributed by atoms with Crippen LogP contribution in [0, 0.1) is 12.3 Å². The Labute approximate surface area is 203 Å². The van der Waals surface area contributed by atoms with Crippen LogP contribution >= 0.6 is 0 Å². The Kier molecular flexibility index (Phi) is 5.76. The molecule has 0 aliphatic heterocycles. The fourth-order valence-electron chi connectivity index (χ4n) is 4.77. The van der Waals surface area contributed by atoms with Crippen LogP contribution < -0.4 is 10.6 Å². The van der Waals surface area contributed by atoms with Crippen molar-refractivity contribution in [2.75, 3.05) is 18.5 Å². The lowest BCUT2D eigenvalue weighted by Gasteiger charge is -2.18. The van der Waals surface area contributed by atoms with Crippen molar-refractivity contribution in [2.45, 2.75) is 25.7 Å². The summed E-state index contributed by atoms with van der Waals surface area (Å²) >= 11 is 0. The maximum atomic E-state index is 12.9. The molecular weight excluding hydrogens is 444 g/mol. The number of anilines is 1. The van der Waals surface area contributed by atoms with Crippen molar-refractivity contribution in [3.63, 3.8) is 0 Å². The van der Waals surface area contributed by atoms with Crippen molar-refractivity contribution < 1.29 is 24.2 Å². The highest BCUT2D eigenvalue weighted by molar-refractivity contribution is 5.98. The summed E-state index contributed by atoms with van der Waals surface area (Å²) < 4.78 is 5.57. The highest BCUT2D eigenvalue weighted by atomic mass is 16.5. The lowest BCUT2D eigenvalue weighted by atomic mass is 9.98. The number of hydrogen-bond acceptors (Lipinski definition) is 4. The van der Waals surface area contributed by atoms with Crippen molar-refractivity contribution in [2.24, 2.45) is 5.41 Å². The Bertz CT molecular complexity index is 1280. The fraction of sp³-hybridized carbons (Fsp3) is 0.250. The summed E-state index contributed by atoms with van der Waals surface area (Å²) in [4.78, 5) is 36.6. The van der Waals surface area contributed by atoms with E-state index in [1.54, 1.807) is 19.1 Å². The lowest BCUT2D eigenvalue weighted by Crippen LogP contribution is -2.37. The average Bonchev–Trinajstić information content (AvgIpc) is 3.58. The minimum atomic E-state index is -1.01. The molecule has 3 aromatic rings. The lowest BCUT2D eigenvalue weighted by molar-refractivity contribution is -0.120. The number of rotatable bonds is 7. The van der Waals surface area contributed by atoms with Gasteiger partial charge in [-0.2, -0.15) is 0 Å². The Morgan fingerprint density at radius 2 is 1.60 bits per heavy atom. The molecule has 0 aromatic heterocycles. The molecule has 7 heteroatoms. The number of aryl methyl sites for hydroxylation is 1. The normalized spacial score (nSPS) is 15.0. The third kappa shape index (κ3) is 4.37. The molecule has 0 unspecified atom stereocenters. The number of carboxylic acids is 1. The molecule has 2 aliphatic carbocycles. The molecule has 0 spiro atoms. The molecule has 3 N–H and O–H groups in total. The SMILES string of the molecule is Cc1cc(NC(=O)C2(CNC(=O)OCC3c4ccccc4-c4ccccc43)CC2)ccc1C(=O)O. The van der Waals surface area contributed by atoms with Gasteiger partial charge in [0, 0.05) is 18.2 Å². The second-order valence-corrected chi connectivity index (χ2v) is 9.25. The molecule has 2 amide bonds. The van der Waals surface area contributed by atoms with Gasteiger partial charge in [-0.1, -0.05) is 48.5 Å². The van der Waals surface area contributed by atoms with E-state index in [9.17, 15) is 19.5 Å². The standard InChI is InChI=1S/C28H26N2O5/c1-17-14-18(10-11-19(17)25(31)32)30-26(33)28(12-13-28)16-29-27(34)35-15-24-22-8-4-2-6-20(22)21-7-3-5-9-23(21)24/h2-11,14,24H,12-13,15-16H2,1H3,(H,29,34)(H,30,33)(H,31,32). The Balaban J connectivity index is 1.17. The van der Waals surface area contributed by atoms with Gasteiger partial charge in [-0.25, -0.2) is 9.59 Å². The molecule has 178 valence electrons. The van der Waals surface area contributed by atoms with Gasteiger partial charge >= 0.3 is 12.1 Å². The Morgan fingerprint density at radius 1 is 0.971 bits per heavy atom. The molecule has 0 radical (unpaired) electrons. The molecule has 3 aromatic carbocycles. The summed E-state index contributed by atoms with van der Waals surface area (Å²) in [6.45, 7) is 2.08. The van der Waals surface area contributed by atoms with E-state index in [1.807, 2.05) is 24.3 Å². The summed E-state index contributed by atoms with van der Waals surface area (Å²) in [5.74, 6) is -1.23. The molecular formula is C28H26N2O5. The van der Waals surface area contributed by atoms with Crippen LogP contribution in [-0.2, 0) is 9.53 Å². The molecule has 35 heavy (non-hydrogen) atoms. The summed E-state index contributed by atoms with van der Waals surface area (Å²) in [5, 5.41) is 14.8. The van der Waals surface area contributed by atoms with E-state index in [0.717, 1.165) is 22.3 Å². The number of carboxylic acid groups (broad SMARTS) is 1. The van der Waals surface area contributed by atoms with Gasteiger partial charge in [0.05, 0.1) is 11.0 Å². The van der Waals surface area contributed by atoms with Gasteiger partial charge < -0.3 is 20.5 Å². The molecule has 1 fully saturated rings. The molecule has 0 heterocycles. The first-order valence-electron chi connectivity index (χ1n) is 11.6. The Hall–Kier alpha value is -4.13. The van der Waals surface area contributed by atoms with Crippen LogP contribution in [0.25, 0.3) is 11.1 Å². The molecule has 0 atom stereocenters. The summed E-state index contributed by atoms with van der Waals surface area (Å²) in [6.07, 6.45) is 0.774. The smallest absolute Gasteiger partial charge is 0.407 e. The number of ether oxygens (including phenoxy) is 1. The molecule has 1 saturated carbocycles. The number of hydrogen-bond donors (Lipinski definition) is 3. The van der Waals surface area contributed by atoms with Crippen LogP contribution in [0.3, 0.4) is 0 Å². The van der Waals surface area contributed by atoms with Gasteiger partial charge in [-0.15, -0.1) is 0 Å². The first kappa shape index (κ1) is 22.7. The third-order valence-corrected chi connectivity index (χ3v) is 6.96. The summed E-state index contributed by atoms with van der Waals surface area (Å²) in [6, 6.07) is 21.0. The van der Waals surface area contributed by atoms with Gasteiger partial charge in [0.1, 0.15) is 6.61 Å². The number of benzene rings is 3. The summed E-state index contributed by atoms with van der Waals surface area (Å²) in [7, 11) is 0. The van der Waals surface area contributed by atoms with Crippen LogP contribution in [0.15, 0.2) is 66.7 Å². The van der Waals surface area contributed by atoms with Crippen molar-refractivity contribution in [3.05, 3.63) is 89.0 Å². The maximum absolute atomic E-state index is 12.9. The minimum absolute atomic E-state index is 0.0247. The van der Waals surface area contributed by atoms with E-state index in [2.05, 4.69) is 34.9 Å². The number of carbonyl (C=O) groups excluding carboxylic acids is 2. The summed E-state index contributed by atoms with van der Waals surface area (Å²) in [5.41, 5.74) is 5.23. The van der Waals surface area contributed by atoms with Gasteiger partial charge in [0.2, 0.25) is 5.91 Å². The van der Waals surface area contributed by atoms with Gasteiger partial charge in [-0.05, 0) is 65.8 Å². The highest BCUT2D eigenvalue weighted by Crippen LogP contribution is 2.46. The van der Waals surface area contributed by atoms with Gasteiger partial charge in [-0.3, -0.25) is 4.79 Å². The second kappa shape index (κ2) is 8.91. The fourth-order valence-corrected chi connectivity index (χ4v) is 4.77. The van der Waals surface area contributed by atoms with Gasteiger partial charge in [0.15, 0.2) is 0 Å². The van der Waals surface area contributed by atoms with Crippen molar-refractivity contribution in [1.82, 2.24) is 5.32 Å². The highest BCUT2D eigenvalue weighted by Gasteiger charge is 2.50. The molecule has 5 rings (SSSR count). The van der Waals surface area contributed by atoms with Crippen LogP contribution in [0.5, 0.6) is 0 Å². The first-order chi connectivity index (χ1) is 16.9. The zero-order valence-electron chi connectivity index (χ0n) is 19.3. The number of amides is 2. The molecule has 7 nitrogen and oxygen atoms in total. The molecule has 0 saturated heterocycles. The average molecular weight is 471 g/mol. The van der Waals surface area contributed by atoms with Crippen molar-refractivity contribution in [1.29, 1.82) is 0 Å². The maximum Gasteiger partial charge on any atom is 0.407 e. The second-order valence-electron chi connectivity index (χ2n) is 9.25. The zero-order chi connectivity index (χ0) is 24.6. The van der Waals surface area contributed by atoms with Gasteiger partial charge in [0.25, 0.3) is 0 Å². The topological polar surface area (TPSA) is 105 Å². The number of nitrogens with one attached hydrogen (secondary N) is 2. The van der Waals surface area contributed by atoms with E-state index in [4.69, 9.17) is 4.74 Å². The zero-order valence-corrected chi connectivity index (χ0v) is 19.3. The van der Waals surface area contributed by atoms with E-state index >= 15 is 0 Å². The number of aromatic carboxylic acids is 1. The van der Waals surface area contributed by atoms with Crippen LogP contribution in [-0.4, -0.2) is 36.2 Å². The molecule has 2 aliphatic rings. The van der Waals surface area contributed by atoms with Crippen molar-refractivity contribution in [3.8, 4) is 11.1 Å². The minimum Gasteiger partial charge on any atom is -0.478 e. The van der Waals surface area contributed by atoms with E-state index in [-0.39, 0.29) is 30.5 Å². The van der Waals surface area contributed by atoms with E-state index in [0.29, 0.717) is 24.1 Å². The predicted octanol–water partition coefficient (Wildman–Crippen LogP) is 4.95. The van der Waals surface area contributed by atoms with E-state index < -0.39 is 17.5 Å². The quantitative estimate of drug-likeness (QED) is 0.453. The monoisotopic (exact) mass is 470 g/mol. The van der Waals surface area contributed by atoms with Crippen LogP contribution in [0.2, 0.25) is 0 Å². The van der Waals surface area contributed by atoms with Crippen LogP contribution in [0.1, 0.15) is 45.8 Å². The van der Waals surface area contributed by atoms with Crippen molar-refractivity contribution >= 4 is 23.7 Å². The first-order valence-corrected chi connectivity index (χ1v) is 11.6. The largest absolute Gasteiger partial charge is 0.478 e. The predicted molar refractivity (Wildman–Crippen MR) is 132 cm³/mol. The van der Waals surface area contributed by atoms with E-state index in [1.165, 1.54) is 6.07 Å². The number of alkyl carbamates (subject to hydrolysis) is 1. The Morgan fingerprint density at radius 3 is 2.17 bits per heavy atom. The third-order valence-electron chi connectivity index (χ3n) is 6.96. The number of fused-ring (bicyclic) bond motifs is 3.